The van der Waals surface area contributed by atoms with E-state index in [0.29, 0.717) is 38.3 Å². The zero-order chi connectivity index (χ0) is 24.7. The highest BCUT2D eigenvalue weighted by molar-refractivity contribution is 6.30. The van der Waals surface area contributed by atoms with E-state index in [2.05, 4.69) is 0 Å². The van der Waals surface area contributed by atoms with Crippen LogP contribution in [0.3, 0.4) is 0 Å². The van der Waals surface area contributed by atoms with Crippen LogP contribution in [-0.2, 0) is 14.3 Å². The third-order valence-corrected chi connectivity index (χ3v) is 6.64. The number of carbonyl (C=O) groups is 2. The van der Waals surface area contributed by atoms with E-state index in [1.54, 1.807) is 23.0 Å². The number of β-amino-alcohol motifs (C(OH)–C–C–N with tert-alkyl or cyclic N) is 2. The van der Waals surface area contributed by atoms with Gasteiger partial charge in [-0.15, -0.1) is 0 Å². The van der Waals surface area contributed by atoms with Crippen molar-refractivity contribution >= 4 is 29.5 Å². The summed E-state index contributed by atoms with van der Waals surface area (Å²) in [4.78, 5) is 30.3. The molecule has 2 saturated heterocycles. The molecule has 0 bridgehead atoms. The topological polar surface area (TPSA) is 93.6 Å². The second-order valence-corrected chi connectivity index (χ2v) is 9.31. The number of nitrogens with zero attached hydrogens (tertiary/aromatic N) is 3. The molecule has 3 atom stereocenters. The zero-order valence-corrected chi connectivity index (χ0v) is 20.2. The summed E-state index contributed by atoms with van der Waals surface area (Å²) in [5, 5.41) is 20.8. The number of aliphatic hydroxyl groups excluding tert-OH is 2. The molecule has 2 aliphatic rings. The van der Waals surface area contributed by atoms with Crippen molar-refractivity contribution in [1.82, 2.24) is 14.7 Å². The molecule has 34 heavy (non-hydrogen) atoms. The van der Waals surface area contributed by atoms with Crippen LogP contribution in [0.4, 0.5) is 4.39 Å². The molecule has 2 fully saturated rings. The Kier molecular flexibility index (Phi) is 9.85. The second kappa shape index (κ2) is 12.6. The third-order valence-electron chi connectivity index (χ3n) is 6.35. The summed E-state index contributed by atoms with van der Waals surface area (Å²) in [6, 6.07) is 4.21. The first-order chi connectivity index (χ1) is 16.3. The van der Waals surface area contributed by atoms with E-state index in [9.17, 15) is 24.2 Å². The fraction of sp³-hybridized carbons (Fsp3) is 0.583. The fourth-order valence-corrected chi connectivity index (χ4v) is 4.59. The number of rotatable bonds is 8. The second-order valence-electron chi connectivity index (χ2n) is 8.91. The first-order valence-electron chi connectivity index (χ1n) is 11.5. The quantitative estimate of drug-likeness (QED) is 0.525. The lowest BCUT2D eigenvalue weighted by atomic mass is 9.94. The van der Waals surface area contributed by atoms with Gasteiger partial charge in [0.1, 0.15) is 5.82 Å². The molecular weight excluding hydrogens is 465 g/mol. The Hall–Kier alpha value is -2.04. The predicted molar refractivity (Wildman–Crippen MR) is 127 cm³/mol. The van der Waals surface area contributed by atoms with Crippen molar-refractivity contribution in [3.63, 3.8) is 0 Å². The molecule has 1 aromatic carbocycles. The van der Waals surface area contributed by atoms with Gasteiger partial charge in [0.15, 0.2) is 0 Å². The van der Waals surface area contributed by atoms with Gasteiger partial charge in [-0.2, -0.15) is 0 Å². The maximum absolute atomic E-state index is 13.3. The van der Waals surface area contributed by atoms with Crippen LogP contribution in [0.1, 0.15) is 18.4 Å². The van der Waals surface area contributed by atoms with Gasteiger partial charge < -0.3 is 24.7 Å². The minimum Gasteiger partial charge on any atom is -0.391 e. The van der Waals surface area contributed by atoms with Gasteiger partial charge in [-0.05, 0) is 36.7 Å². The van der Waals surface area contributed by atoms with Gasteiger partial charge in [-0.1, -0.05) is 17.7 Å². The minimum absolute atomic E-state index is 0.0157. The van der Waals surface area contributed by atoms with Gasteiger partial charge in [-0.25, -0.2) is 4.39 Å². The normalized spacial score (nSPS) is 23.4. The van der Waals surface area contributed by atoms with Gasteiger partial charge in [-0.3, -0.25) is 14.5 Å². The standard InChI is InChI=1S/C24H33ClFN3O5/c1-34-16-18-6-8-27(15-22(18)31)13-19(30)14-29-11-10-28(9-7-24(29)33)23(32)5-3-17-2-4-21(26)20(25)12-17/h2-5,12,18-19,22,30-31H,6-11,13-16H2,1H3/b5-3+/t18-,19-,22-/m0/s1. The van der Waals surface area contributed by atoms with E-state index in [1.807, 2.05) is 4.90 Å². The zero-order valence-electron chi connectivity index (χ0n) is 19.4. The molecule has 2 aliphatic heterocycles. The monoisotopic (exact) mass is 497 g/mol. The van der Waals surface area contributed by atoms with Gasteiger partial charge in [0.25, 0.3) is 0 Å². The summed E-state index contributed by atoms with van der Waals surface area (Å²) < 4.78 is 18.4. The number of benzene rings is 1. The molecule has 0 aromatic heterocycles. The number of piperidine rings is 1. The highest BCUT2D eigenvalue weighted by Gasteiger charge is 2.30. The van der Waals surface area contributed by atoms with E-state index < -0.39 is 18.0 Å². The smallest absolute Gasteiger partial charge is 0.246 e. The number of halogens is 2. The largest absolute Gasteiger partial charge is 0.391 e. The molecule has 2 amide bonds. The average Bonchev–Trinajstić information content (AvgIpc) is 2.98. The lowest BCUT2D eigenvalue weighted by Gasteiger charge is -2.37. The van der Waals surface area contributed by atoms with Crippen LogP contribution in [0.5, 0.6) is 0 Å². The Morgan fingerprint density at radius 1 is 1.29 bits per heavy atom. The highest BCUT2D eigenvalue weighted by atomic mass is 35.5. The van der Waals surface area contributed by atoms with Crippen molar-refractivity contribution in [2.75, 3.05) is 59.5 Å². The summed E-state index contributed by atoms with van der Waals surface area (Å²) in [5.41, 5.74) is 0.603. The summed E-state index contributed by atoms with van der Waals surface area (Å²) in [6.45, 7) is 3.26. The minimum atomic E-state index is -0.750. The average molecular weight is 498 g/mol. The van der Waals surface area contributed by atoms with E-state index in [-0.39, 0.29) is 42.3 Å². The predicted octanol–water partition coefficient (Wildman–Crippen LogP) is 1.24. The van der Waals surface area contributed by atoms with Crippen molar-refractivity contribution in [2.24, 2.45) is 5.92 Å². The number of likely N-dealkylation sites (tertiary alicyclic amines) is 1. The van der Waals surface area contributed by atoms with Crippen LogP contribution >= 0.6 is 11.6 Å². The summed E-state index contributed by atoms with van der Waals surface area (Å²) in [5.74, 6) is -0.778. The van der Waals surface area contributed by atoms with Gasteiger partial charge in [0.05, 0.1) is 23.8 Å². The lowest BCUT2D eigenvalue weighted by molar-refractivity contribution is -0.132. The van der Waals surface area contributed by atoms with Crippen molar-refractivity contribution in [1.29, 1.82) is 0 Å². The molecule has 0 saturated carbocycles. The molecule has 1 aromatic rings. The summed E-state index contributed by atoms with van der Waals surface area (Å²) >= 11 is 5.77. The van der Waals surface area contributed by atoms with Gasteiger partial charge in [0.2, 0.25) is 11.8 Å². The van der Waals surface area contributed by atoms with Crippen molar-refractivity contribution < 1.29 is 28.9 Å². The summed E-state index contributed by atoms with van der Waals surface area (Å²) in [7, 11) is 1.62. The van der Waals surface area contributed by atoms with E-state index in [4.69, 9.17) is 16.3 Å². The molecule has 10 heteroatoms. The molecule has 3 rings (SSSR count). The number of ether oxygens (including phenoxy) is 1. The van der Waals surface area contributed by atoms with Crippen LogP contribution in [0.15, 0.2) is 24.3 Å². The number of hydrogen-bond donors (Lipinski definition) is 2. The fourth-order valence-electron chi connectivity index (χ4n) is 4.40. The molecule has 188 valence electrons. The highest BCUT2D eigenvalue weighted by Crippen LogP contribution is 2.19. The Morgan fingerprint density at radius 3 is 2.79 bits per heavy atom. The Balaban J connectivity index is 1.47. The molecule has 2 N–H and O–H groups in total. The number of carbonyl (C=O) groups excluding carboxylic acids is 2. The molecule has 0 aliphatic carbocycles. The maximum atomic E-state index is 13.3. The molecule has 8 nitrogen and oxygen atoms in total. The van der Waals surface area contributed by atoms with E-state index in [0.717, 1.165) is 13.0 Å². The molecule has 0 unspecified atom stereocenters. The van der Waals surface area contributed by atoms with Crippen LogP contribution < -0.4 is 0 Å². The summed E-state index contributed by atoms with van der Waals surface area (Å²) in [6.07, 6.45) is 2.66. The van der Waals surface area contributed by atoms with Crippen LogP contribution in [0.2, 0.25) is 5.02 Å². The van der Waals surface area contributed by atoms with Crippen LogP contribution in [0.25, 0.3) is 6.08 Å². The Morgan fingerprint density at radius 2 is 2.09 bits per heavy atom. The van der Waals surface area contributed by atoms with Crippen molar-refractivity contribution in [3.8, 4) is 0 Å². The first kappa shape index (κ1) is 26.6. The molecule has 2 heterocycles. The maximum Gasteiger partial charge on any atom is 0.246 e. The van der Waals surface area contributed by atoms with E-state index in [1.165, 1.54) is 24.3 Å². The van der Waals surface area contributed by atoms with E-state index >= 15 is 0 Å². The number of hydrogen-bond acceptors (Lipinski definition) is 6. The first-order valence-corrected chi connectivity index (χ1v) is 11.9. The Labute approximate surface area is 204 Å². The Bertz CT molecular complexity index is 886. The number of amides is 2. The lowest BCUT2D eigenvalue weighted by Crippen LogP contribution is -2.50. The molecule has 0 radical (unpaired) electrons. The van der Waals surface area contributed by atoms with Crippen molar-refractivity contribution in [2.45, 2.75) is 25.0 Å². The number of methoxy groups -OCH3 is 1. The van der Waals surface area contributed by atoms with Crippen molar-refractivity contribution in [3.05, 3.63) is 40.7 Å². The molecular formula is C24H33ClFN3O5. The van der Waals surface area contributed by atoms with Gasteiger partial charge >= 0.3 is 0 Å². The third kappa shape index (κ3) is 7.48. The van der Waals surface area contributed by atoms with Crippen LogP contribution in [-0.4, -0.2) is 108 Å². The van der Waals surface area contributed by atoms with Crippen LogP contribution in [0, 0.1) is 11.7 Å². The molecule has 0 spiro atoms. The number of aliphatic hydroxyl groups is 2. The SMILES string of the molecule is COC[C@@H]1CCN(C[C@H](O)CN2CCN(C(=O)/C=C/c3ccc(F)c(Cl)c3)CCC2=O)C[C@@H]1O. The van der Waals surface area contributed by atoms with Gasteiger partial charge in [0, 0.05) is 64.8 Å².